The van der Waals surface area contributed by atoms with Crippen molar-refractivity contribution < 1.29 is 9.47 Å². The van der Waals surface area contributed by atoms with Crippen molar-refractivity contribution in [2.75, 3.05) is 66.1 Å². The summed E-state index contributed by atoms with van der Waals surface area (Å²) >= 11 is 0. The molecule has 0 amide bonds. The molecule has 3 saturated heterocycles. The molecule has 3 fully saturated rings. The predicted molar refractivity (Wildman–Crippen MR) is 125 cm³/mol. The Morgan fingerprint density at radius 1 is 1.07 bits per heavy atom. The number of aliphatic imine (C=N–C) groups is 1. The molecule has 0 aromatic rings. The summed E-state index contributed by atoms with van der Waals surface area (Å²) in [5.74, 6) is 1.04. The molecule has 0 spiro atoms. The Bertz CT molecular complexity index is 503. The van der Waals surface area contributed by atoms with E-state index in [4.69, 9.17) is 9.47 Å². The summed E-state index contributed by atoms with van der Waals surface area (Å²) in [6, 6.07) is 0.626. The Labute approximate surface area is 188 Å². The molecule has 7 nitrogen and oxygen atoms in total. The molecule has 1 N–H and O–H groups in total. The van der Waals surface area contributed by atoms with Gasteiger partial charge in [0.25, 0.3) is 0 Å². The van der Waals surface area contributed by atoms with E-state index in [2.05, 4.69) is 52.7 Å². The van der Waals surface area contributed by atoms with Crippen LogP contribution in [0.2, 0.25) is 0 Å². The lowest BCUT2D eigenvalue weighted by Crippen LogP contribution is -2.59. The van der Waals surface area contributed by atoms with Crippen molar-refractivity contribution in [1.29, 1.82) is 0 Å². The molecule has 3 atom stereocenters. The summed E-state index contributed by atoms with van der Waals surface area (Å²) in [6.45, 7) is 17.8. The van der Waals surface area contributed by atoms with E-state index < -0.39 is 0 Å². The smallest absolute Gasteiger partial charge is 0.193 e. The van der Waals surface area contributed by atoms with Gasteiger partial charge in [-0.1, -0.05) is 0 Å². The second kappa shape index (κ2) is 10.7. The molecule has 3 rings (SSSR count). The van der Waals surface area contributed by atoms with Gasteiger partial charge in [-0.05, 0) is 34.1 Å². The van der Waals surface area contributed by atoms with E-state index in [0.717, 1.165) is 65.0 Å². The molecule has 28 heavy (non-hydrogen) atoms. The van der Waals surface area contributed by atoms with Crippen molar-refractivity contribution in [2.45, 2.75) is 57.9 Å². The first-order valence-electron chi connectivity index (χ1n) is 10.6. The van der Waals surface area contributed by atoms with E-state index in [-0.39, 0.29) is 29.5 Å². The zero-order valence-electron chi connectivity index (χ0n) is 18.3. The van der Waals surface area contributed by atoms with E-state index in [1.807, 2.05) is 7.05 Å². The number of morpholine rings is 2. The van der Waals surface area contributed by atoms with Crippen LogP contribution in [0.5, 0.6) is 0 Å². The second-order valence-electron chi connectivity index (χ2n) is 8.91. The van der Waals surface area contributed by atoms with Gasteiger partial charge in [-0.3, -0.25) is 14.8 Å². The van der Waals surface area contributed by atoms with Crippen LogP contribution in [0.4, 0.5) is 0 Å². The van der Waals surface area contributed by atoms with Gasteiger partial charge >= 0.3 is 0 Å². The van der Waals surface area contributed by atoms with Crippen LogP contribution in [0.15, 0.2) is 4.99 Å². The molecular formula is C20H40IN5O2. The normalized spacial score (nSPS) is 31.0. The molecule has 0 saturated carbocycles. The van der Waals surface area contributed by atoms with Crippen LogP contribution in [-0.4, -0.2) is 111 Å². The first-order chi connectivity index (χ1) is 12.9. The summed E-state index contributed by atoms with van der Waals surface area (Å²) in [4.78, 5) is 12.1. The lowest BCUT2D eigenvalue weighted by molar-refractivity contribution is -0.0947. The highest BCUT2D eigenvalue weighted by molar-refractivity contribution is 14.0. The number of nitrogens with one attached hydrogen (secondary N) is 1. The van der Waals surface area contributed by atoms with E-state index in [0.29, 0.717) is 18.2 Å². The molecule has 3 heterocycles. The van der Waals surface area contributed by atoms with E-state index >= 15 is 0 Å². The highest BCUT2D eigenvalue weighted by Gasteiger charge is 2.34. The minimum absolute atomic E-state index is 0. The maximum Gasteiger partial charge on any atom is 0.193 e. The third-order valence-electron chi connectivity index (χ3n) is 6.19. The van der Waals surface area contributed by atoms with E-state index in [9.17, 15) is 0 Å². The number of guanidine groups is 1. The van der Waals surface area contributed by atoms with E-state index in [1.165, 1.54) is 6.42 Å². The molecule has 3 unspecified atom stereocenters. The topological polar surface area (TPSA) is 52.6 Å². The first kappa shape index (κ1) is 24.1. The Balaban J connectivity index is 0.00000280. The van der Waals surface area contributed by atoms with Gasteiger partial charge in [0, 0.05) is 64.4 Å². The number of halogens is 1. The average molecular weight is 509 g/mol. The highest BCUT2D eigenvalue weighted by Crippen LogP contribution is 2.21. The Morgan fingerprint density at radius 2 is 1.71 bits per heavy atom. The van der Waals surface area contributed by atoms with Crippen molar-refractivity contribution >= 4 is 29.9 Å². The molecule has 0 radical (unpaired) electrons. The van der Waals surface area contributed by atoms with Crippen LogP contribution >= 0.6 is 24.0 Å². The summed E-state index contributed by atoms with van der Waals surface area (Å²) in [6.07, 6.45) is 1.79. The van der Waals surface area contributed by atoms with Crippen molar-refractivity contribution in [1.82, 2.24) is 20.0 Å². The van der Waals surface area contributed by atoms with Crippen molar-refractivity contribution in [2.24, 2.45) is 4.99 Å². The van der Waals surface area contributed by atoms with Crippen molar-refractivity contribution in [3.8, 4) is 0 Å². The van der Waals surface area contributed by atoms with Gasteiger partial charge in [-0.2, -0.15) is 0 Å². The first-order valence-corrected chi connectivity index (χ1v) is 10.6. The van der Waals surface area contributed by atoms with Crippen LogP contribution in [-0.2, 0) is 9.47 Å². The van der Waals surface area contributed by atoms with Gasteiger partial charge in [0.2, 0.25) is 0 Å². The van der Waals surface area contributed by atoms with Crippen molar-refractivity contribution in [3.05, 3.63) is 0 Å². The number of hydrogen-bond donors (Lipinski definition) is 1. The van der Waals surface area contributed by atoms with Crippen molar-refractivity contribution in [3.63, 3.8) is 0 Å². The molecule has 0 aromatic carbocycles. The third kappa shape index (κ3) is 6.17. The monoisotopic (exact) mass is 509 g/mol. The quantitative estimate of drug-likeness (QED) is 0.352. The van der Waals surface area contributed by atoms with Crippen LogP contribution in [0.25, 0.3) is 0 Å². The Hall–Kier alpha value is -0.160. The van der Waals surface area contributed by atoms with Gasteiger partial charge in [-0.25, -0.2) is 0 Å². The highest BCUT2D eigenvalue weighted by atomic mass is 127. The molecule has 0 bridgehead atoms. The maximum atomic E-state index is 5.90. The molecule has 0 aromatic heterocycles. The Kier molecular flexibility index (Phi) is 9.25. The largest absolute Gasteiger partial charge is 0.379 e. The van der Waals surface area contributed by atoms with Gasteiger partial charge in [-0.15, -0.1) is 24.0 Å². The lowest BCUT2D eigenvalue weighted by atomic mass is 10.00. The molecule has 8 heteroatoms. The number of rotatable bonds is 4. The van der Waals surface area contributed by atoms with Crippen LogP contribution in [0.1, 0.15) is 34.1 Å². The zero-order valence-corrected chi connectivity index (χ0v) is 20.6. The van der Waals surface area contributed by atoms with Gasteiger partial charge in [0.1, 0.15) is 0 Å². The standard InChI is InChI=1S/C20H39N5O2.HI/c1-16-12-25(13-17(2)27-16)20(3,4)15-22-19(21-5)24-7-6-18(14-24)23-8-10-26-11-9-23;/h16-18H,6-15H2,1-5H3,(H,21,22);1H. The van der Waals surface area contributed by atoms with Crippen LogP contribution in [0.3, 0.4) is 0 Å². The SMILES string of the molecule is CN=C(NCC(C)(C)N1CC(C)OC(C)C1)N1CCC(N2CCOCC2)C1.I. The summed E-state index contributed by atoms with van der Waals surface area (Å²) in [5, 5.41) is 3.65. The van der Waals surface area contributed by atoms with Crippen LogP contribution < -0.4 is 5.32 Å². The fraction of sp³-hybridized carbons (Fsp3) is 0.950. The maximum absolute atomic E-state index is 5.90. The Morgan fingerprint density at radius 3 is 2.32 bits per heavy atom. The molecular weight excluding hydrogens is 469 g/mol. The fourth-order valence-corrected chi connectivity index (χ4v) is 4.59. The number of likely N-dealkylation sites (tertiary alicyclic amines) is 1. The summed E-state index contributed by atoms with van der Waals surface area (Å²) < 4.78 is 11.4. The molecule has 164 valence electrons. The lowest BCUT2D eigenvalue weighted by Gasteiger charge is -2.45. The number of hydrogen-bond acceptors (Lipinski definition) is 5. The minimum atomic E-state index is 0. The van der Waals surface area contributed by atoms with E-state index in [1.54, 1.807) is 0 Å². The van der Waals surface area contributed by atoms with Gasteiger partial charge in [0.05, 0.1) is 25.4 Å². The van der Waals surface area contributed by atoms with Crippen LogP contribution in [0, 0.1) is 0 Å². The average Bonchev–Trinajstić information content (AvgIpc) is 3.12. The molecule has 0 aliphatic carbocycles. The third-order valence-corrected chi connectivity index (χ3v) is 6.19. The second-order valence-corrected chi connectivity index (χ2v) is 8.91. The fourth-order valence-electron chi connectivity index (χ4n) is 4.59. The number of nitrogens with zero attached hydrogens (tertiary/aromatic N) is 4. The van der Waals surface area contributed by atoms with Gasteiger partial charge in [0.15, 0.2) is 5.96 Å². The summed E-state index contributed by atoms with van der Waals surface area (Å²) in [5.41, 5.74) is 0.0611. The summed E-state index contributed by atoms with van der Waals surface area (Å²) in [7, 11) is 1.90. The zero-order chi connectivity index (χ0) is 19.4. The molecule has 3 aliphatic rings. The minimum Gasteiger partial charge on any atom is -0.379 e. The number of ether oxygens (including phenoxy) is 2. The predicted octanol–water partition coefficient (Wildman–Crippen LogP) is 1.47. The molecule has 3 aliphatic heterocycles. The van der Waals surface area contributed by atoms with Gasteiger partial charge < -0.3 is 19.7 Å².